The molecule has 0 spiro atoms. The van der Waals surface area contributed by atoms with Crippen LogP contribution >= 0.6 is 11.3 Å². The molecule has 2 heterocycles. The predicted molar refractivity (Wildman–Crippen MR) is 50.7 cm³/mol. The first-order valence-electron chi connectivity index (χ1n) is 3.73. The van der Waals surface area contributed by atoms with Gasteiger partial charge in [-0.25, -0.2) is 14.8 Å². The molecule has 0 unspecified atom stereocenters. The molecule has 1 N–H and O–H groups in total. The van der Waals surface area contributed by atoms with Crippen LogP contribution in [0.1, 0.15) is 5.69 Å². The van der Waals surface area contributed by atoms with Gasteiger partial charge in [-0.2, -0.15) is 0 Å². The van der Waals surface area contributed by atoms with Crippen molar-refractivity contribution in [2.45, 2.75) is 6.92 Å². The number of aromatic amines is 1. The molecule has 13 heavy (non-hydrogen) atoms. The van der Waals surface area contributed by atoms with Gasteiger partial charge in [0.2, 0.25) is 0 Å². The molecule has 2 aromatic rings. The van der Waals surface area contributed by atoms with Crippen molar-refractivity contribution in [1.29, 1.82) is 0 Å². The summed E-state index contributed by atoms with van der Waals surface area (Å²) in [6.45, 7) is 1.93. The van der Waals surface area contributed by atoms with Crippen LogP contribution < -0.4 is 5.69 Å². The molecular formula is C8H7N3OS. The van der Waals surface area contributed by atoms with Crippen molar-refractivity contribution in [1.82, 2.24) is 15.0 Å². The summed E-state index contributed by atoms with van der Waals surface area (Å²) in [4.78, 5) is 21.1. The molecule has 66 valence electrons. The topological polar surface area (TPSA) is 58.6 Å². The van der Waals surface area contributed by atoms with Crippen molar-refractivity contribution in [2.24, 2.45) is 0 Å². The van der Waals surface area contributed by atoms with Gasteiger partial charge in [0.05, 0.1) is 0 Å². The Kier molecular flexibility index (Phi) is 1.94. The molecule has 0 aliphatic heterocycles. The van der Waals surface area contributed by atoms with E-state index in [4.69, 9.17) is 0 Å². The maximum Gasteiger partial charge on any atom is 0.344 e. The van der Waals surface area contributed by atoms with Crippen molar-refractivity contribution in [3.05, 3.63) is 34.0 Å². The van der Waals surface area contributed by atoms with E-state index in [0.717, 1.165) is 16.3 Å². The van der Waals surface area contributed by atoms with Gasteiger partial charge in [-0.1, -0.05) is 0 Å². The summed E-state index contributed by atoms with van der Waals surface area (Å²) < 4.78 is 0. The van der Waals surface area contributed by atoms with Crippen LogP contribution in [0.5, 0.6) is 0 Å². The van der Waals surface area contributed by atoms with Crippen LogP contribution in [0.25, 0.3) is 10.6 Å². The van der Waals surface area contributed by atoms with Crippen LogP contribution in [0.3, 0.4) is 0 Å². The molecule has 2 rings (SSSR count). The minimum Gasteiger partial charge on any atom is -0.312 e. The number of rotatable bonds is 1. The largest absolute Gasteiger partial charge is 0.344 e. The van der Waals surface area contributed by atoms with E-state index in [1.54, 1.807) is 6.20 Å². The highest BCUT2D eigenvalue weighted by Gasteiger charge is 2.01. The Bertz CT molecular complexity index is 454. The van der Waals surface area contributed by atoms with Crippen LogP contribution in [-0.4, -0.2) is 15.0 Å². The Labute approximate surface area is 78.3 Å². The Morgan fingerprint density at radius 3 is 2.92 bits per heavy atom. The highest BCUT2D eigenvalue weighted by molar-refractivity contribution is 7.13. The molecule has 0 fully saturated rings. The Hall–Kier alpha value is -1.49. The van der Waals surface area contributed by atoms with Crippen LogP contribution in [0.2, 0.25) is 0 Å². The van der Waals surface area contributed by atoms with Gasteiger partial charge in [-0.15, -0.1) is 11.3 Å². The molecule has 0 saturated heterocycles. The number of nitrogens with one attached hydrogen (secondary N) is 1. The van der Waals surface area contributed by atoms with Gasteiger partial charge >= 0.3 is 5.69 Å². The van der Waals surface area contributed by atoms with Gasteiger partial charge in [0.1, 0.15) is 5.01 Å². The van der Waals surface area contributed by atoms with E-state index in [2.05, 4.69) is 15.0 Å². The first-order valence-corrected chi connectivity index (χ1v) is 4.61. The highest BCUT2D eigenvalue weighted by atomic mass is 32.1. The summed E-state index contributed by atoms with van der Waals surface area (Å²) in [5.41, 5.74) is 1.49. The number of aromatic nitrogens is 3. The quantitative estimate of drug-likeness (QED) is 0.740. The summed E-state index contributed by atoms with van der Waals surface area (Å²) in [5.74, 6) is 0. The van der Waals surface area contributed by atoms with E-state index in [-0.39, 0.29) is 5.69 Å². The molecule has 4 nitrogen and oxygen atoms in total. The zero-order valence-electron chi connectivity index (χ0n) is 6.94. The Balaban J connectivity index is 2.47. The number of hydrogen-bond donors (Lipinski definition) is 1. The lowest BCUT2D eigenvalue weighted by atomic mass is 10.4. The Morgan fingerprint density at radius 2 is 2.38 bits per heavy atom. The normalized spacial score (nSPS) is 10.2. The van der Waals surface area contributed by atoms with Gasteiger partial charge in [-0.05, 0) is 6.92 Å². The van der Waals surface area contributed by atoms with Crippen molar-refractivity contribution in [3.63, 3.8) is 0 Å². The lowest BCUT2D eigenvalue weighted by Crippen LogP contribution is -2.07. The molecule has 0 aliphatic carbocycles. The van der Waals surface area contributed by atoms with Crippen LogP contribution in [0.15, 0.2) is 22.6 Å². The standard InChI is InChI=1S/C8H7N3OS/c1-5-4-13-7(11-5)6-2-9-8(12)10-3-6/h2-4H,1H3,(H,9,10,12). The first-order chi connectivity index (χ1) is 6.25. The van der Waals surface area contributed by atoms with E-state index in [1.807, 2.05) is 12.3 Å². The number of H-pyrrole nitrogens is 1. The summed E-state index contributed by atoms with van der Waals surface area (Å²) in [6, 6.07) is 0. The zero-order valence-corrected chi connectivity index (χ0v) is 7.76. The third-order valence-corrected chi connectivity index (χ3v) is 2.55. The number of hydrogen-bond acceptors (Lipinski definition) is 4. The minimum absolute atomic E-state index is 0.336. The molecule has 0 saturated carbocycles. The monoisotopic (exact) mass is 193 g/mol. The molecule has 0 radical (unpaired) electrons. The number of aryl methyl sites for hydroxylation is 1. The van der Waals surface area contributed by atoms with Crippen molar-refractivity contribution < 1.29 is 0 Å². The third kappa shape index (κ3) is 1.65. The summed E-state index contributed by atoms with van der Waals surface area (Å²) in [5, 5.41) is 2.83. The van der Waals surface area contributed by atoms with Crippen LogP contribution in [-0.2, 0) is 0 Å². The fourth-order valence-electron chi connectivity index (χ4n) is 0.946. The fourth-order valence-corrected chi connectivity index (χ4v) is 1.73. The summed E-state index contributed by atoms with van der Waals surface area (Å²) in [6.07, 6.45) is 3.14. The smallest absolute Gasteiger partial charge is 0.312 e. The van der Waals surface area contributed by atoms with Gasteiger partial charge in [0.25, 0.3) is 0 Å². The van der Waals surface area contributed by atoms with Gasteiger partial charge in [0, 0.05) is 29.0 Å². The average Bonchev–Trinajstić information content (AvgIpc) is 2.53. The zero-order chi connectivity index (χ0) is 9.26. The summed E-state index contributed by atoms with van der Waals surface area (Å²) in [7, 11) is 0. The summed E-state index contributed by atoms with van der Waals surface area (Å²) >= 11 is 1.54. The molecular weight excluding hydrogens is 186 g/mol. The van der Waals surface area contributed by atoms with E-state index >= 15 is 0 Å². The van der Waals surface area contributed by atoms with Crippen LogP contribution in [0, 0.1) is 6.92 Å². The van der Waals surface area contributed by atoms with Crippen molar-refractivity contribution in [3.8, 4) is 10.6 Å². The lowest BCUT2D eigenvalue weighted by Gasteiger charge is -1.91. The highest BCUT2D eigenvalue weighted by Crippen LogP contribution is 2.20. The van der Waals surface area contributed by atoms with E-state index < -0.39 is 0 Å². The van der Waals surface area contributed by atoms with Gasteiger partial charge in [0.15, 0.2) is 0 Å². The second-order valence-corrected chi connectivity index (χ2v) is 3.46. The number of nitrogens with zero attached hydrogens (tertiary/aromatic N) is 2. The molecule has 0 amide bonds. The van der Waals surface area contributed by atoms with E-state index in [1.165, 1.54) is 17.5 Å². The first kappa shape index (κ1) is 8.12. The van der Waals surface area contributed by atoms with Crippen molar-refractivity contribution >= 4 is 11.3 Å². The maximum absolute atomic E-state index is 10.7. The van der Waals surface area contributed by atoms with Gasteiger partial charge < -0.3 is 4.98 Å². The second-order valence-electron chi connectivity index (χ2n) is 2.60. The maximum atomic E-state index is 10.7. The van der Waals surface area contributed by atoms with Crippen LogP contribution in [0.4, 0.5) is 0 Å². The Morgan fingerprint density at radius 1 is 1.54 bits per heavy atom. The minimum atomic E-state index is -0.336. The predicted octanol–water partition coefficient (Wildman–Crippen LogP) is 1.20. The van der Waals surface area contributed by atoms with E-state index in [9.17, 15) is 4.79 Å². The molecule has 0 aromatic carbocycles. The van der Waals surface area contributed by atoms with Gasteiger partial charge in [-0.3, -0.25) is 0 Å². The molecule has 0 bridgehead atoms. The lowest BCUT2D eigenvalue weighted by molar-refractivity contribution is 1.07. The molecule has 2 aromatic heterocycles. The number of thiazole rings is 1. The average molecular weight is 193 g/mol. The fraction of sp³-hybridized carbons (Fsp3) is 0.125. The SMILES string of the molecule is Cc1csc(-c2cnc(=O)[nH]c2)n1. The molecule has 5 heteroatoms. The third-order valence-electron chi connectivity index (χ3n) is 1.54. The van der Waals surface area contributed by atoms with Crippen molar-refractivity contribution in [2.75, 3.05) is 0 Å². The second kappa shape index (κ2) is 3.10. The molecule has 0 aliphatic rings. The molecule has 0 atom stereocenters. The van der Waals surface area contributed by atoms with E-state index in [0.29, 0.717) is 0 Å².